The van der Waals surface area contributed by atoms with Gasteiger partial charge in [-0.15, -0.1) is 0 Å². The summed E-state index contributed by atoms with van der Waals surface area (Å²) < 4.78 is 0. The molecule has 0 unspecified atom stereocenters. The molecule has 0 amide bonds. The van der Waals surface area contributed by atoms with Crippen LogP contribution in [0.3, 0.4) is 0 Å². The number of rotatable bonds is 5. The Morgan fingerprint density at radius 1 is 0.828 bits per heavy atom. The van der Waals surface area contributed by atoms with Gasteiger partial charge < -0.3 is 10.2 Å². The van der Waals surface area contributed by atoms with E-state index in [1.807, 2.05) is 0 Å². The molecule has 0 aromatic carbocycles. The minimum absolute atomic E-state index is 0.131. The van der Waals surface area contributed by atoms with Gasteiger partial charge in [0.1, 0.15) is 0 Å². The number of hydrogen-bond acceptors (Lipinski definition) is 2. The number of fused-ring (bicyclic) bond motifs is 5. The molecular weight excluding hydrogens is 356 g/mol. The predicted molar refractivity (Wildman–Crippen MR) is 120 cm³/mol. The zero-order chi connectivity index (χ0) is 21.0. The Labute approximate surface area is 180 Å². The van der Waals surface area contributed by atoms with Crippen molar-refractivity contribution in [2.45, 2.75) is 117 Å². The van der Waals surface area contributed by atoms with Gasteiger partial charge in [-0.25, -0.2) is 0 Å². The molecule has 168 valence electrons. The molecule has 29 heavy (non-hydrogen) atoms. The third-order valence-electron chi connectivity index (χ3n) is 10.9. The van der Waals surface area contributed by atoms with Crippen LogP contribution in [0.4, 0.5) is 0 Å². The van der Waals surface area contributed by atoms with E-state index in [-0.39, 0.29) is 12.2 Å². The Bertz CT molecular complexity index is 573. The molecule has 0 heterocycles. The van der Waals surface area contributed by atoms with Crippen LogP contribution in [-0.2, 0) is 0 Å². The monoisotopic (exact) mass is 404 g/mol. The molecule has 4 aliphatic rings. The summed E-state index contributed by atoms with van der Waals surface area (Å²) in [5.74, 6) is 4.94. The van der Waals surface area contributed by atoms with E-state index in [9.17, 15) is 10.2 Å². The minimum Gasteiger partial charge on any atom is -0.393 e. The summed E-state index contributed by atoms with van der Waals surface area (Å²) >= 11 is 0. The molecule has 4 aliphatic carbocycles. The first kappa shape index (κ1) is 22.1. The van der Waals surface area contributed by atoms with Gasteiger partial charge in [0.15, 0.2) is 0 Å². The molecule has 0 bridgehead atoms. The fourth-order valence-corrected chi connectivity index (χ4v) is 9.22. The first-order chi connectivity index (χ1) is 13.7. The fraction of sp³-hybridized carbons (Fsp3) is 1.00. The van der Waals surface area contributed by atoms with Gasteiger partial charge in [0.25, 0.3) is 0 Å². The Hall–Kier alpha value is -0.0800. The lowest BCUT2D eigenvalue weighted by atomic mass is 9.43. The van der Waals surface area contributed by atoms with Crippen molar-refractivity contribution in [2.24, 2.45) is 52.3 Å². The van der Waals surface area contributed by atoms with Crippen molar-refractivity contribution < 1.29 is 10.2 Å². The van der Waals surface area contributed by atoms with Crippen LogP contribution in [0.15, 0.2) is 0 Å². The first-order valence-corrected chi connectivity index (χ1v) is 13.0. The fourth-order valence-electron chi connectivity index (χ4n) is 9.22. The molecule has 2 nitrogen and oxygen atoms in total. The molecule has 0 spiro atoms. The van der Waals surface area contributed by atoms with Crippen molar-refractivity contribution in [1.82, 2.24) is 0 Å². The number of hydrogen-bond donors (Lipinski definition) is 2. The third kappa shape index (κ3) is 3.73. The van der Waals surface area contributed by atoms with Crippen molar-refractivity contribution in [3.05, 3.63) is 0 Å². The van der Waals surface area contributed by atoms with E-state index in [0.717, 1.165) is 42.9 Å². The van der Waals surface area contributed by atoms with Crippen molar-refractivity contribution >= 4 is 0 Å². The molecule has 4 saturated carbocycles. The highest BCUT2D eigenvalue weighted by Gasteiger charge is 2.62. The summed E-state index contributed by atoms with van der Waals surface area (Å²) in [6, 6.07) is 0. The highest BCUT2D eigenvalue weighted by atomic mass is 16.3. The number of aliphatic hydroxyl groups is 2. The van der Waals surface area contributed by atoms with Crippen LogP contribution in [0.5, 0.6) is 0 Å². The SMILES string of the molecule is CC(C)CCC[C@@H](C)[C@H]1CC[C@H]2[C@@H]3[C@@H](O)C[C@@H]4C[C@H](O)CC[C@]4(C)[C@H]3CC[C@]12C. The Balaban J connectivity index is 1.50. The third-order valence-corrected chi connectivity index (χ3v) is 10.9. The maximum atomic E-state index is 11.4. The zero-order valence-electron chi connectivity index (χ0n) is 19.9. The maximum Gasteiger partial charge on any atom is 0.0577 e. The summed E-state index contributed by atoms with van der Waals surface area (Å²) in [4.78, 5) is 0. The zero-order valence-corrected chi connectivity index (χ0v) is 19.9. The second-order valence-corrected chi connectivity index (χ2v) is 12.8. The second-order valence-electron chi connectivity index (χ2n) is 12.8. The Kier molecular flexibility index (Phi) is 6.19. The minimum atomic E-state index is -0.136. The quantitative estimate of drug-likeness (QED) is 0.553. The molecule has 10 atom stereocenters. The van der Waals surface area contributed by atoms with Gasteiger partial charge in [-0.3, -0.25) is 0 Å². The van der Waals surface area contributed by atoms with Crippen LogP contribution < -0.4 is 0 Å². The summed E-state index contributed by atoms with van der Waals surface area (Å²) in [5, 5.41) is 21.6. The van der Waals surface area contributed by atoms with E-state index in [4.69, 9.17) is 0 Å². The van der Waals surface area contributed by atoms with Crippen LogP contribution in [0.2, 0.25) is 0 Å². The first-order valence-electron chi connectivity index (χ1n) is 13.0. The van der Waals surface area contributed by atoms with E-state index < -0.39 is 0 Å². The Morgan fingerprint density at radius 2 is 1.52 bits per heavy atom. The van der Waals surface area contributed by atoms with Crippen LogP contribution in [0.25, 0.3) is 0 Å². The topological polar surface area (TPSA) is 40.5 Å². The summed E-state index contributed by atoms with van der Waals surface area (Å²) in [5.41, 5.74) is 0.794. The summed E-state index contributed by atoms with van der Waals surface area (Å²) in [6.07, 6.45) is 13.3. The van der Waals surface area contributed by atoms with Crippen LogP contribution in [0, 0.1) is 52.3 Å². The Morgan fingerprint density at radius 3 is 2.24 bits per heavy atom. The van der Waals surface area contributed by atoms with Crippen molar-refractivity contribution in [1.29, 1.82) is 0 Å². The van der Waals surface area contributed by atoms with Gasteiger partial charge >= 0.3 is 0 Å². The van der Waals surface area contributed by atoms with Gasteiger partial charge in [0.05, 0.1) is 12.2 Å². The standard InChI is InChI=1S/C27H48O2/c1-17(2)7-6-8-18(3)21-9-10-22-25-23(12-14-27(21,22)5)26(4)13-11-20(28)15-19(26)16-24(25)29/h17-25,28-29H,6-16H2,1-5H3/t18-,19+,20-,21-,22+,23+,24+,25+,26+,27-/m1/s1. The molecule has 2 N–H and O–H groups in total. The lowest BCUT2D eigenvalue weighted by molar-refractivity contribution is -0.174. The highest BCUT2D eigenvalue weighted by Crippen LogP contribution is 2.68. The molecule has 4 fully saturated rings. The van der Waals surface area contributed by atoms with Crippen LogP contribution in [0.1, 0.15) is 105 Å². The van der Waals surface area contributed by atoms with Crippen LogP contribution in [-0.4, -0.2) is 22.4 Å². The molecule has 2 heteroatoms. The van der Waals surface area contributed by atoms with E-state index in [1.165, 1.54) is 51.4 Å². The normalized spacial score (nSPS) is 50.7. The molecule has 0 saturated heterocycles. The molecule has 0 radical (unpaired) electrons. The van der Waals surface area contributed by atoms with Gasteiger partial charge in [-0.05, 0) is 104 Å². The van der Waals surface area contributed by atoms with Crippen molar-refractivity contribution in [2.75, 3.05) is 0 Å². The van der Waals surface area contributed by atoms with Gasteiger partial charge in [0.2, 0.25) is 0 Å². The van der Waals surface area contributed by atoms with Gasteiger partial charge in [0, 0.05) is 0 Å². The summed E-state index contributed by atoms with van der Waals surface area (Å²) in [6.45, 7) is 12.4. The smallest absolute Gasteiger partial charge is 0.0577 e. The largest absolute Gasteiger partial charge is 0.393 e. The average Bonchev–Trinajstić information content (AvgIpc) is 3.00. The molecule has 4 rings (SSSR count). The molecular formula is C27H48O2. The van der Waals surface area contributed by atoms with E-state index in [2.05, 4.69) is 34.6 Å². The van der Waals surface area contributed by atoms with E-state index >= 15 is 0 Å². The second kappa shape index (κ2) is 8.12. The average molecular weight is 405 g/mol. The molecule has 0 aromatic rings. The lowest BCUT2D eigenvalue weighted by Crippen LogP contribution is -2.58. The number of aliphatic hydroxyl groups excluding tert-OH is 2. The molecule has 0 aromatic heterocycles. The highest BCUT2D eigenvalue weighted by molar-refractivity contribution is 5.11. The van der Waals surface area contributed by atoms with Crippen molar-refractivity contribution in [3.63, 3.8) is 0 Å². The maximum absolute atomic E-state index is 11.4. The predicted octanol–water partition coefficient (Wildman–Crippen LogP) is 6.44. The summed E-state index contributed by atoms with van der Waals surface area (Å²) in [7, 11) is 0. The molecule has 0 aliphatic heterocycles. The van der Waals surface area contributed by atoms with E-state index in [1.54, 1.807) is 0 Å². The van der Waals surface area contributed by atoms with Gasteiger partial charge in [-0.2, -0.15) is 0 Å². The van der Waals surface area contributed by atoms with Crippen LogP contribution >= 0.6 is 0 Å². The lowest BCUT2D eigenvalue weighted by Gasteiger charge is -2.62. The van der Waals surface area contributed by atoms with E-state index in [0.29, 0.717) is 28.6 Å². The van der Waals surface area contributed by atoms with Gasteiger partial charge in [-0.1, -0.05) is 53.9 Å². The van der Waals surface area contributed by atoms with Crippen molar-refractivity contribution in [3.8, 4) is 0 Å².